The molecule has 0 radical (unpaired) electrons. The molecule has 1 aromatic carbocycles. The molecule has 0 spiro atoms. The molecule has 1 saturated carbocycles. The van der Waals surface area contributed by atoms with Gasteiger partial charge in [0.1, 0.15) is 6.04 Å². The van der Waals surface area contributed by atoms with Crippen molar-refractivity contribution >= 4 is 29.4 Å². The topological polar surface area (TPSA) is 104 Å². The molecule has 3 aliphatic carbocycles. The number of amides is 3. The Morgan fingerprint density at radius 1 is 1.04 bits per heavy atom. The van der Waals surface area contributed by atoms with Gasteiger partial charge in [-0.3, -0.25) is 24.1 Å². The molecule has 4 aliphatic rings. The Balaban J connectivity index is 1.54. The lowest BCUT2D eigenvalue weighted by atomic mass is 9.63. The van der Waals surface area contributed by atoms with E-state index in [1.165, 1.54) is 24.0 Å². The highest BCUT2D eigenvalue weighted by molar-refractivity contribution is 6.22. The minimum Gasteiger partial charge on any atom is -0.480 e. The summed E-state index contributed by atoms with van der Waals surface area (Å²) in [7, 11) is 0. The van der Waals surface area contributed by atoms with Gasteiger partial charge < -0.3 is 10.4 Å². The summed E-state index contributed by atoms with van der Waals surface area (Å²) in [4.78, 5) is 50.0. The molecule has 2 N–H and O–H groups in total. The molecular formula is C20H20N2O5. The monoisotopic (exact) mass is 368 g/mol. The molecule has 5 atom stereocenters. The van der Waals surface area contributed by atoms with Gasteiger partial charge in [0.25, 0.3) is 5.91 Å². The van der Waals surface area contributed by atoms with Crippen molar-refractivity contribution in [1.82, 2.24) is 5.32 Å². The second-order valence-corrected chi connectivity index (χ2v) is 7.43. The number of hydrogen-bond acceptors (Lipinski definition) is 4. The molecule has 0 aromatic heterocycles. The standard InChI is InChI=1S/C20H20N2O5/c1-10(20(26)27)21-17(23)13-6-8-14(9-7-13)22-18(24)15-11-2-3-12(5-4-11)16(15)19(22)25/h2-3,6-12,15-16H,4-5H2,1H3,(H,21,23)(H,26,27). The number of carbonyl (C=O) groups is 4. The first-order chi connectivity index (χ1) is 12.9. The summed E-state index contributed by atoms with van der Waals surface area (Å²) >= 11 is 0. The average Bonchev–Trinajstić information content (AvgIpc) is 2.95. The van der Waals surface area contributed by atoms with Crippen molar-refractivity contribution in [2.24, 2.45) is 23.7 Å². The Morgan fingerprint density at radius 2 is 1.56 bits per heavy atom. The zero-order valence-electron chi connectivity index (χ0n) is 14.8. The van der Waals surface area contributed by atoms with E-state index >= 15 is 0 Å². The van der Waals surface area contributed by atoms with Crippen molar-refractivity contribution in [1.29, 1.82) is 0 Å². The lowest BCUT2D eigenvalue weighted by Gasteiger charge is -2.38. The lowest BCUT2D eigenvalue weighted by molar-refractivity contribution is -0.138. The number of hydrogen-bond donors (Lipinski definition) is 2. The Hall–Kier alpha value is -2.96. The molecule has 1 aromatic rings. The number of imide groups is 1. The van der Waals surface area contributed by atoms with Crippen molar-refractivity contribution in [2.75, 3.05) is 4.90 Å². The molecule has 5 unspecified atom stereocenters. The summed E-state index contributed by atoms with van der Waals surface area (Å²) in [6.45, 7) is 1.38. The number of carbonyl (C=O) groups excluding carboxylic acids is 3. The van der Waals surface area contributed by atoms with Gasteiger partial charge in [-0.05, 0) is 55.9 Å². The molecule has 2 bridgehead atoms. The van der Waals surface area contributed by atoms with Gasteiger partial charge in [-0.15, -0.1) is 0 Å². The minimum absolute atomic E-state index is 0.129. The predicted molar refractivity (Wildman–Crippen MR) is 95.8 cm³/mol. The second kappa shape index (κ2) is 6.33. The number of fused-ring (bicyclic) bond motifs is 1. The maximum atomic E-state index is 12.9. The van der Waals surface area contributed by atoms with Crippen LogP contribution in [-0.2, 0) is 14.4 Å². The fourth-order valence-corrected chi connectivity index (χ4v) is 4.43. The van der Waals surface area contributed by atoms with Gasteiger partial charge in [-0.1, -0.05) is 12.2 Å². The van der Waals surface area contributed by atoms with Crippen LogP contribution in [-0.4, -0.2) is 34.8 Å². The molecule has 7 heteroatoms. The number of aliphatic carboxylic acids is 1. The van der Waals surface area contributed by atoms with Crippen LogP contribution < -0.4 is 10.2 Å². The van der Waals surface area contributed by atoms with Gasteiger partial charge in [-0.25, -0.2) is 0 Å². The molecule has 1 aliphatic heterocycles. The Morgan fingerprint density at radius 3 is 2.00 bits per heavy atom. The quantitative estimate of drug-likeness (QED) is 0.620. The number of allylic oxidation sites excluding steroid dienone is 2. The van der Waals surface area contributed by atoms with Gasteiger partial charge >= 0.3 is 5.97 Å². The van der Waals surface area contributed by atoms with E-state index in [0.717, 1.165) is 12.8 Å². The molecule has 140 valence electrons. The number of nitrogens with one attached hydrogen (secondary N) is 1. The summed E-state index contributed by atoms with van der Waals surface area (Å²) < 4.78 is 0. The summed E-state index contributed by atoms with van der Waals surface area (Å²) in [5.41, 5.74) is 0.715. The molecular weight excluding hydrogens is 348 g/mol. The van der Waals surface area contributed by atoms with E-state index in [2.05, 4.69) is 17.5 Å². The number of nitrogens with zero attached hydrogens (tertiary/aromatic N) is 1. The third-order valence-electron chi connectivity index (χ3n) is 5.87. The lowest BCUT2D eigenvalue weighted by Crippen LogP contribution is -2.38. The van der Waals surface area contributed by atoms with Crippen LogP contribution in [0.3, 0.4) is 0 Å². The SMILES string of the molecule is CC(NC(=O)c1ccc(N2C(=O)C3C4C=CC(CC4)C3C2=O)cc1)C(=O)O. The minimum atomic E-state index is -1.13. The van der Waals surface area contributed by atoms with E-state index < -0.39 is 17.9 Å². The van der Waals surface area contributed by atoms with Crippen LogP contribution in [0.5, 0.6) is 0 Å². The Bertz CT molecular complexity index is 828. The molecule has 7 nitrogen and oxygen atoms in total. The van der Waals surface area contributed by atoms with Crippen molar-refractivity contribution in [2.45, 2.75) is 25.8 Å². The highest BCUT2D eigenvalue weighted by atomic mass is 16.4. The van der Waals surface area contributed by atoms with E-state index in [0.29, 0.717) is 5.69 Å². The predicted octanol–water partition coefficient (Wildman–Crippen LogP) is 1.59. The maximum Gasteiger partial charge on any atom is 0.325 e. The number of carboxylic acid groups (broad SMARTS) is 1. The van der Waals surface area contributed by atoms with Crippen LogP contribution in [0, 0.1) is 23.7 Å². The average molecular weight is 368 g/mol. The number of benzene rings is 1. The normalized spacial score (nSPS) is 29.6. The molecule has 3 amide bonds. The summed E-state index contributed by atoms with van der Waals surface area (Å²) in [5.74, 6) is -2.28. The van der Waals surface area contributed by atoms with Gasteiger partial charge in [0.15, 0.2) is 0 Å². The first-order valence-corrected chi connectivity index (χ1v) is 9.08. The third kappa shape index (κ3) is 2.74. The van der Waals surface area contributed by atoms with E-state index in [9.17, 15) is 19.2 Å². The first kappa shape index (κ1) is 17.5. The van der Waals surface area contributed by atoms with Crippen molar-refractivity contribution in [3.05, 3.63) is 42.0 Å². The second-order valence-electron chi connectivity index (χ2n) is 7.43. The van der Waals surface area contributed by atoms with E-state index in [1.54, 1.807) is 12.1 Å². The zero-order valence-corrected chi connectivity index (χ0v) is 14.8. The smallest absolute Gasteiger partial charge is 0.325 e. The van der Waals surface area contributed by atoms with Crippen molar-refractivity contribution in [3.63, 3.8) is 0 Å². The number of rotatable bonds is 4. The van der Waals surface area contributed by atoms with Crippen molar-refractivity contribution < 1.29 is 24.3 Å². The van der Waals surface area contributed by atoms with Crippen LogP contribution in [0.4, 0.5) is 5.69 Å². The highest BCUT2D eigenvalue weighted by Gasteiger charge is 2.56. The van der Waals surface area contributed by atoms with Gasteiger partial charge in [0.2, 0.25) is 11.8 Å². The van der Waals surface area contributed by atoms with Crippen LogP contribution >= 0.6 is 0 Å². The molecule has 1 saturated heterocycles. The fourth-order valence-electron chi connectivity index (χ4n) is 4.43. The van der Waals surface area contributed by atoms with Crippen LogP contribution in [0.2, 0.25) is 0 Å². The van der Waals surface area contributed by atoms with E-state index in [-0.39, 0.29) is 41.0 Å². The van der Waals surface area contributed by atoms with Gasteiger partial charge in [0, 0.05) is 5.56 Å². The summed E-state index contributed by atoms with van der Waals surface area (Å²) in [6.07, 6.45) is 6.02. The Kier molecular flexibility index (Phi) is 4.09. The van der Waals surface area contributed by atoms with Crippen molar-refractivity contribution in [3.8, 4) is 0 Å². The summed E-state index contributed by atoms with van der Waals surface area (Å²) in [6, 6.07) is 5.10. The van der Waals surface area contributed by atoms with Gasteiger partial charge in [0.05, 0.1) is 17.5 Å². The highest BCUT2D eigenvalue weighted by Crippen LogP contribution is 2.50. The molecule has 1 heterocycles. The van der Waals surface area contributed by atoms with E-state index in [1.807, 2.05) is 0 Å². The number of carboxylic acids is 1. The first-order valence-electron chi connectivity index (χ1n) is 9.08. The summed E-state index contributed by atoms with van der Waals surface area (Å²) in [5, 5.41) is 11.2. The van der Waals surface area contributed by atoms with Crippen LogP contribution in [0.15, 0.2) is 36.4 Å². The Labute approximate surface area is 156 Å². The molecule has 27 heavy (non-hydrogen) atoms. The van der Waals surface area contributed by atoms with E-state index in [4.69, 9.17) is 5.11 Å². The maximum absolute atomic E-state index is 12.9. The fraction of sp³-hybridized carbons (Fsp3) is 0.400. The van der Waals surface area contributed by atoms with Crippen LogP contribution in [0.1, 0.15) is 30.1 Å². The third-order valence-corrected chi connectivity index (χ3v) is 5.87. The van der Waals surface area contributed by atoms with Crippen LogP contribution in [0.25, 0.3) is 0 Å². The molecule has 2 fully saturated rings. The zero-order chi connectivity index (χ0) is 19.3. The van der Waals surface area contributed by atoms with Gasteiger partial charge in [-0.2, -0.15) is 0 Å². The molecule has 5 rings (SSSR count). The number of anilines is 1. The largest absolute Gasteiger partial charge is 0.480 e.